The molecule has 0 bridgehead atoms. The molecule has 1 aromatic rings. The van der Waals surface area contributed by atoms with Crippen molar-refractivity contribution in [2.24, 2.45) is 5.73 Å². The van der Waals surface area contributed by atoms with Gasteiger partial charge in [-0.3, -0.25) is 9.78 Å². The molecule has 1 rings (SSSR count). The summed E-state index contributed by atoms with van der Waals surface area (Å²) in [5.74, 6) is -0.132. The molecule has 0 aliphatic rings. The summed E-state index contributed by atoms with van der Waals surface area (Å²) >= 11 is 0. The van der Waals surface area contributed by atoms with Crippen LogP contribution in [-0.4, -0.2) is 29.2 Å². The zero-order valence-corrected chi connectivity index (χ0v) is 6.93. The Balaban J connectivity index is 2.73. The number of aliphatic hydroxyl groups is 1. The molecular formula is C8H10N2O3. The molecule has 0 saturated carbocycles. The summed E-state index contributed by atoms with van der Waals surface area (Å²) < 4.78 is 5.03. The van der Waals surface area contributed by atoms with Crippen molar-refractivity contribution in [1.82, 2.24) is 4.98 Å². The second-order valence-electron chi connectivity index (χ2n) is 2.35. The first-order valence-corrected chi connectivity index (χ1v) is 3.72. The fourth-order valence-electron chi connectivity index (χ4n) is 0.796. The summed E-state index contributed by atoms with van der Waals surface area (Å²) in [7, 11) is 0. The summed E-state index contributed by atoms with van der Waals surface area (Å²) in [4.78, 5) is 14.5. The first-order valence-electron chi connectivity index (χ1n) is 3.72. The predicted molar refractivity (Wildman–Crippen MR) is 45.3 cm³/mol. The number of aromatic nitrogens is 1. The fraction of sp³-hybridized carbons (Fsp3) is 0.250. The van der Waals surface area contributed by atoms with Crippen molar-refractivity contribution < 1.29 is 14.6 Å². The number of amides is 1. The SMILES string of the molecule is NC(=O)c1cncc(OCCO)c1. The number of carbonyl (C=O) groups excluding carboxylic acids is 1. The molecule has 1 heterocycles. The number of nitrogens with zero attached hydrogens (tertiary/aromatic N) is 1. The van der Waals surface area contributed by atoms with Gasteiger partial charge in [0.15, 0.2) is 0 Å². The Morgan fingerprint density at radius 2 is 2.38 bits per heavy atom. The van der Waals surface area contributed by atoms with Gasteiger partial charge in [-0.25, -0.2) is 0 Å². The van der Waals surface area contributed by atoms with E-state index in [1.807, 2.05) is 0 Å². The first-order chi connectivity index (χ1) is 6.24. The minimum atomic E-state index is -0.554. The molecule has 0 unspecified atom stereocenters. The summed E-state index contributed by atoms with van der Waals surface area (Å²) in [6, 6.07) is 1.48. The molecule has 0 radical (unpaired) electrons. The van der Waals surface area contributed by atoms with Crippen molar-refractivity contribution in [2.75, 3.05) is 13.2 Å². The maximum absolute atomic E-state index is 10.7. The van der Waals surface area contributed by atoms with Crippen molar-refractivity contribution in [3.63, 3.8) is 0 Å². The van der Waals surface area contributed by atoms with Crippen molar-refractivity contribution in [2.45, 2.75) is 0 Å². The minimum absolute atomic E-state index is 0.0825. The molecule has 0 aliphatic heterocycles. The van der Waals surface area contributed by atoms with Crippen molar-refractivity contribution in [3.05, 3.63) is 24.0 Å². The van der Waals surface area contributed by atoms with Crippen LogP contribution in [0.3, 0.4) is 0 Å². The van der Waals surface area contributed by atoms with Crippen LogP contribution in [0.5, 0.6) is 5.75 Å². The number of pyridine rings is 1. The van der Waals surface area contributed by atoms with Crippen LogP contribution in [-0.2, 0) is 0 Å². The molecule has 3 N–H and O–H groups in total. The highest BCUT2D eigenvalue weighted by molar-refractivity contribution is 5.92. The highest BCUT2D eigenvalue weighted by Gasteiger charge is 2.02. The summed E-state index contributed by atoms with van der Waals surface area (Å²) in [6.07, 6.45) is 2.80. The Morgan fingerprint density at radius 3 is 3.00 bits per heavy atom. The Labute approximate surface area is 75.2 Å². The molecule has 5 nitrogen and oxygen atoms in total. The molecule has 1 aromatic heterocycles. The van der Waals surface area contributed by atoms with Gasteiger partial charge >= 0.3 is 0 Å². The highest BCUT2D eigenvalue weighted by atomic mass is 16.5. The van der Waals surface area contributed by atoms with Gasteiger partial charge in [-0.05, 0) is 6.07 Å². The molecule has 13 heavy (non-hydrogen) atoms. The third kappa shape index (κ3) is 2.72. The molecular weight excluding hydrogens is 172 g/mol. The molecule has 0 saturated heterocycles. The maximum atomic E-state index is 10.7. The Kier molecular flexibility index (Phi) is 3.22. The van der Waals surface area contributed by atoms with Gasteiger partial charge in [-0.2, -0.15) is 0 Å². The van der Waals surface area contributed by atoms with Crippen LogP contribution in [0.1, 0.15) is 10.4 Å². The molecule has 0 fully saturated rings. The van der Waals surface area contributed by atoms with Crippen LogP contribution < -0.4 is 10.5 Å². The highest BCUT2D eigenvalue weighted by Crippen LogP contribution is 2.10. The molecule has 0 spiro atoms. The van der Waals surface area contributed by atoms with Crippen molar-refractivity contribution >= 4 is 5.91 Å². The van der Waals surface area contributed by atoms with Crippen LogP contribution in [0.15, 0.2) is 18.5 Å². The first kappa shape index (κ1) is 9.47. The van der Waals surface area contributed by atoms with Crippen LogP contribution in [0.4, 0.5) is 0 Å². The normalized spacial score (nSPS) is 9.62. The van der Waals surface area contributed by atoms with Gasteiger partial charge in [0, 0.05) is 6.20 Å². The molecule has 0 atom stereocenters. The van der Waals surface area contributed by atoms with Crippen LogP contribution in [0, 0.1) is 0 Å². The Bertz CT molecular complexity index is 301. The number of rotatable bonds is 4. The second kappa shape index (κ2) is 4.42. The molecule has 0 aliphatic carbocycles. The van der Waals surface area contributed by atoms with E-state index in [0.717, 1.165) is 0 Å². The van der Waals surface area contributed by atoms with Gasteiger partial charge in [0.1, 0.15) is 12.4 Å². The number of aliphatic hydroxyl groups excluding tert-OH is 1. The largest absolute Gasteiger partial charge is 0.490 e. The third-order valence-electron chi connectivity index (χ3n) is 1.36. The van der Waals surface area contributed by atoms with E-state index >= 15 is 0 Å². The lowest BCUT2D eigenvalue weighted by Crippen LogP contribution is -2.11. The lowest BCUT2D eigenvalue weighted by Gasteiger charge is -2.03. The van der Waals surface area contributed by atoms with E-state index in [-0.39, 0.29) is 18.8 Å². The monoisotopic (exact) mass is 182 g/mol. The van der Waals surface area contributed by atoms with E-state index in [9.17, 15) is 4.79 Å². The van der Waals surface area contributed by atoms with Crippen LogP contribution in [0.2, 0.25) is 0 Å². The van der Waals surface area contributed by atoms with Crippen LogP contribution in [0.25, 0.3) is 0 Å². The number of primary amides is 1. The molecule has 70 valence electrons. The number of carbonyl (C=O) groups is 1. The summed E-state index contributed by atoms with van der Waals surface area (Å²) in [6.45, 7) is 0.0880. The number of hydrogen-bond acceptors (Lipinski definition) is 4. The molecule has 0 aromatic carbocycles. The van der Waals surface area contributed by atoms with Gasteiger partial charge in [0.25, 0.3) is 0 Å². The quantitative estimate of drug-likeness (QED) is 0.660. The average Bonchev–Trinajstić information content (AvgIpc) is 2.15. The van der Waals surface area contributed by atoms with Gasteiger partial charge in [-0.15, -0.1) is 0 Å². The zero-order chi connectivity index (χ0) is 9.68. The van der Waals surface area contributed by atoms with Crippen molar-refractivity contribution in [3.8, 4) is 5.75 Å². The van der Waals surface area contributed by atoms with E-state index in [0.29, 0.717) is 5.75 Å². The third-order valence-corrected chi connectivity index (χ3v) is 1.36. The fourth-order valence-corrected chi connectivity index (χ4v) is 0.796. The Morgan fingerprint density at radius 1 is 1.62 bits per heavy atom. The predicted octanol–water partition coefficient (Wildman–Crippen LogP) is -0.448. The lowest BCUT2D eigenvalue weighted by molar-refractivity contribution is 0.0999. The smallest absolute Gasteiger partial charge is 0.250 e. The van der Waals surface area contributed by atoms with Crippen molar-refractivity contribution in [1.29, 1.82) is 0 Å². The van der Waals surface area contributed by atoms with E-state index in [1.54, 1.807) is 0 Å². The summed E-state index contributed by atoms with van der Waals surface area (Å²) in [5, 5.41) is 8.47. The minimum Gasteiger partial charge on any atom is -0.490 e. The summed E-state index contributed by atoms with van der Waals surface area (Å²) in [5.41, 5.74) is 5.31. The maximum Gasteiger partial charge on any atom is 0.250 e. The standard InChI is InChI=1S/C8H10N2O3/c9-8(12)6-3-7(5-10-4-6)13-2-1-11/h3-5,11H,1-2H2,(H2,9,12). The molecule has 5 heteroatoms. The number of nitrogens with two attached hydrogens (primary N) is 1. The van der Waals surface area contributed by atoms with E-state index in [1.165, 1.54) is 18.5 Å². The van der Waals surface area contributed by atoms with E-state index in [4.69, 9.17) is 15.6 Å². The van der Waals surface area contributed by atoms with Gasteiger partial charge in [0.05, 0.1) is 18.4 Å². The van der Waals surface area contributed by atoms with Crippen LogP contribution >= 0.6 is 0 Å². The zero-order valence-electron chi connectivity index (χ0n) is 6.93. The second-order valence-corrected chi connectivity index (χ2v) is 2.35. The van der Waals surface area contributed by atoms with E-state index in [2.05, 4.69) is 4.98 Å². The van der Waals surface area contributed by atoms with Gasteiger partial charge < -0.3 is 15.6 Å². The number of hydrogen-bond donors (Lipinski definition) is 2. The van der Waals surface area contributed by atoms with Gasteiger partial charge in [0.2, 0.25) is 5.91 Å². The average molecular weight is 182 g/mol. The molecule has 1 amide bonds. The lowest BCUT2D eigenvalue weighted by atomic mass is 10.3. The topological polar surface area (TPSA) is 85.4 Å². The van der Waals surface area contributed by atoms with E-state index < -0.39 is 5.91 Å². The van der Waals surface area contributed by atoms with Gasteiger partial charge in [-0.1, -0.05) is 0 Å². The number of ether oxygens (including phenoxy) is 1. The Hall–Kier alpha value is -1.62.